The Bertz CT molecular complexity index is 424. The minimum atomic E-state index is -0.702. The van der Waals surface area contributed by atoms with E-state index in [0.717, 1.165) is 5.92 Å². The molecule has 0 aromatic rings. The molecule has 0 radical (unpaired) electrons. The second-order valence-corrected chi connectivity index (χ2v) is 9.45. The molecule has 3 nitrogen and oxygen atoms in total. The Kier molecular flexibility index (Phi) is 2.87. The number of carboxylic acid groups (broad SMARTS) is 1. The van der Waals surface area contributed by atoms with Crippen molar-refractivity contribution in [2.24, 2.45) is 22.2 Å². The van der Waals surface area contributed by atoms with Gasteiger partial charge in [-0.15, -0.1) is 0 Å². The van der Waals surface area contributed by atoms with Gasteiger partial charge >= 0.3 is 5.97 Å². The number of hydrogen-bond donors (Lipinski definition) is 2. The van der Waals surface area contributed by atoms with E-state index in [9.17, 15) is 9.90 Å². The quantitative estimate of drug-likeness (QED) is 0.829. The fourth-order valence-electron chi connectivity index (χ4n) is 6.13. The molecule has 2 N–H and O–H groups in total. The zero-order chi connectivity index (χ0) is 14.8. The van der Waals surface area contributed by atoms with Crippen LogP contribution < -0.4 is 5.32 Å². The number of hydrogen-bond acceptors (Lipinski definition) is 2. The van der Waals surface area contributed by atoms with Crippen molar-refractivity contribution >= 4 is 5.97 Å². The maximum Gasteiger partial charge on any atom is 0.310 e. The Morgan fingerprint density at radius 3 is 2.15 bits per heavy atom. The van der Waals surface area contributed by atoms with Gasteiger partial charge in [-0.2, -0.15) is 0 Å². The van der Waals surface area contributed by atoms with Crippen LogP contribution in [0.1, 0.15) is 66.2 Å². The molecule has 4 fully saturated rings. The Morgan fingerprint density at radius 1 is 1.15 bits per heavy atom. The van der Waals surface area contributed by atoms with Crippen LogP contribution in [0.25, 0.3) is 0 Å². The van der Waals surface area contributed by atoms with Crippen LogP contribution in [-0.2, 0) is 4.79 Å². The number of carboxylic acids is 1. The van der Waals surface area contributed by atoms with Crippen LogP contribution in [0.5, 0.6) is 0 Å². The second kappa shape index (κ2) is 4.00. The highest BCUT2D eigenvalue weighted by atomic mass is 16.4. The molecule has 4 bridgehead atoms. The predicted molar refractivity (Wildman–Crippen MR) is 79.6 cm³/mol. The molecule has 4 aliphatic rings. The smallest absolute Gasteiger partial charge is 0.310 e. The molecular formula is C17H29NO2. The first-order chi connectivity index (χ1) is 9.06. The van der Waals surface area contributed by atoms with E-state index >= 15 is 0 Å². The molecule has 2 atom stereocenters. The van der Waals surface area contributed by atoms with Crippen molar-refractivity contribution in [3.05, 3.63) is 0 Å². The molecule has 4 rings (SSSR count). The maximum absolute atomic E-state index is 11.3. The molecule has 114 valence electrons. The van der Waals surface area contributed by atoms with Gasteiger partial charge in [0.15, 0.2) is 0 Å². The van der Waals surface area contributed by atoms with Gasteiger partial charge in [0.05, 0.1) is 5.41 Å². The topological polar surface area (TPSA) is 49.3 Å². The second-order valence-electron chi connectivity index (χ2n) is 9.45. The van der Waals surface area contributed by atoms with Gasteiger partial charge in [0.1, 0.15) is 0 Å². The summed E-state index contributed by atoms with van der Waals surface area (Å²) in [6, 6.07) is 0. The van der Waals surface area contributed by atoms with E-state index in [0.29, 0.717) is 17.4 Å². The number of carbonyl (C=O) groups is 1. The Labute approximate surface area is 122 Å². The van der Waals surface area contributed by atoms with E-state index in [1.54, 1.807) is 0 Å². The summed E-state index contributed by atoms with van der Waals surface area (Å²) in [5.74, 6) is 0.147. The summed E-state index contributed by atoms with van der Waals surface area (Å²) in [6.45, 7) is 9.14. The van der Waals surface area contributed by atoms with Gasteiger partial charge in [-0.05, 0) is 69.1 Å². The summed E-state index contributed by atoms with van der Waals surface area (Å²) in [5, 5.41) is 13.0. The van der Waals surface area contributed by atoms with Crippen LogP contribution in [0.3, 0.4) is 0 Å². The first-order valence-corrected chi connectivity index (χ1v) is 8.04. The number of rotatable bonds is 4. The largest absolute Gasteiger partial charge is 0.481 e. The lowest BCUT2D eigenvalue weighted by molar-refractivity contribution is -0.148. The monoisotopic (exact) mass is 279 g/mol. The third-order valence-electron chi connectivity index (χ3n) is 6.11. The Morgan fingerprint density at radius 2 is 1.70 bits per heavy atom. The summed E-state index contributed by atoms with van der Waals surface area (Å²) >= 11 is 0. The van der Waals surface area contributed by atoms with Crippen molar-refractivity contribution in [2.75, 3.05) is 6.54 Å². The van der Waals surface area contributed by atoms with Gasteiger partial charge in [0.25, 0.3) is 0 Å². The highest BCUT2D eigenvalue weighted by Crippen LogP contribution is 2.66. The van der Waals surface area contributed by atoms with E-state index < -0.39 is 11.4 Å². The van der Waals surface area contributed by atoms with Crippen LogP contribution in [0.15, 0.2) is 0 Å². The zero-order valence-corrected chi connectivity index (χ0v) is 13.4. The lowest BCUT2D eigenvalue weighted by Crippen LogP contribution is -2.65. The molecule has 0 heterocycles. The molecule has 3 heteroatoms. The van der Waals surface area contributed by atoms with E-state index in [1.807, 2.05) is 13.8 Å². The summed E-state index contributed by atoms with van der Waals surface area (Å²) in [7, 11) is 0. The van der Waals surface area contributed by atoms with Crippen molar-refractivity contribution in [3.8, 4) is 0 Å². The SMILES string of the molecule is CC12CC3CC(C)(C1)CC(NCC(C)(C)C(=O)O)(C3)C2. The van der Waals surface area contributed by atoms with Crippen molar-refractivity contribution in [1.29, 1.82) is 0 Å². The molecule has 0 aliphatic heterocycles. The summed E-state index contributed by atoms with van der Waals surface area (Å²) in [4.78, 5) is 11.3. The van der Waals surface area contributed by atoms with Crippen LogP contribution >= 0.6 is 0 Å². The standard InChI is InChI=1S/C17H29NO2/c1-14(2,13(19)20)11-18-17-7-12-5-15(3,9-17)8-16(4,6-12)10-17/h12,18H,5-11H2,1-4H3,(H,19,20). The van der Waals surface area contributed by atoms with Gasteiger partial charge in [0.2, 0.25) is 0 Å². The van der Waals surface area contributed by atoms with Crippen molar-refractivity contribution in [3.63, 3.8) is 0 Å². The fourth-order valence-corrected chi connectivity index (χ4v) is 6.13. The van der Waals surface area contributed by atoms with Crippen LogP contribution in [-0.4, -0.2) is 23.2 Å². The first-order valence-electron chi connectivity index (χ1n) is 8.04. The zero-order valence-electron chi connectivity index (χ0n) is 13.4. The van der Waals surface area contributed by atoms with Gasteiger partial charge < -0.3 is 10.4 Å². The van der Waals surface area contributed by atoms with E-state index in [4.69, 9.17) is 0 Å². The van der Waals surface area contributed by atoms with Crippen LogP contribution in [0.4, 0.5) is 0 Å². The number of nitrogens with one attached hydrogen (secondary N) is 1. The third kappa shape index (κ3) is 2.28. The molecule has 0 spiro atoms. The highest BCUT2D eigenvalue weighted by molar-refractivity contribution is 5.73. The van der Waals surface area contributed by atoms with Crippen LogP contribution in [0, 0.1) is 22.2 Å². The van der Waals surface area contributed by atoms with Gasteiger partial charge in [0, 0.05) is 12.1 Å². The van der Waals surface area contributed by atoms with E-state index in [2.05, 4.69) is 19.2 Å². The molecule has 2 unspecified atom stereocenters. The van der Waals surface area contributed by atoms with E-state index in [-0.39, 0.29) is 5.54 Å². The lowest BCUT2D eigenvalue weighted by atomic mass is 9.42. The molecule has 0 aromatic carbocycles. The Hall–Kier alpha value is -0.570. The number of aliphatic carboxylic acids is 1. The van der Waals surface area contributed by atoms with Crippen molar-refractivity contribution in [1.82, 2.24) is 5.32 Å². The van der Waals surface area contributed by atoms with Gasteiger partial charge in [-0.25, -0.2) is 0 Å². The average Bonchev–Trinajstić information content (AvgIpc) is 2.21. The molecule has 0 saturated heterocycles. The molecule has 0 amide bonds. The molecule has 0 aromatic heterocycles. The normalized spacial score (nSPS) is 46.7. The third-order valence-corrected chi connectivity index (χ3v) is 6.11. The molecule has 4 saturated carbocycles. The van der Waals surface area contributed by atoms with Gasteiger partial charge in [-0.1, -0.05) is 13.8 Å². The van der Waals surface area contributed by atoms with Crippen molar-refractivity contribution in [2.45, 2.75) is 71.8 Å². The molecular weight excluding hydrogens is 250 g/mol. The summed E-state index contributed by atoms with van der Waals surface area (Å²) in [6.07, 6.45) is 7.86. The lowest BCUT2D eigenvalue weighted by Gasteiger charge is -2.65. The predicted octanol–water partition coefficient (Wildman–Crippen LogP) is 3.44. The minimum absolute atomic E-state index is 0.204. The maximum atomic E-state index is 11.3. The van der Waals surface area contributed by atoms with Gasteiger partial charge in [-0.3, -0.25) is 4.79 Å². The summed E-state index contributed by atoms with van der Waals surface area (Å²) in [5.41, 5.74) is 0.490. The van der Waals surface area contributed by atoms with Crippen molar-refractivity contribution < 1.29 is 9.90 Å². The van der Waals surface area contributed by atoms with Crippen LogP contribution in [0.2, 0.25) is 0 Å². The summed E-state index contributed by atoms with van der Waals surface area (Å²) < 4.78 is 0. The highest BCUT2D eigenvalue weighted by Gasteiger charge is 2.60. The average molecular weight is 279 g/mol. The Balaban J connectivity index is 1.78. The van der Waals surface area contributed by atoms with E-state index in [1.165, 1.54) is 38.5 Å². The molecule has 4 aliphatic carbocycles. The first kappa shape index (κ1) is 14.4. The fraction of sp³-hybridized carbons (Fsp3) is 0.941. The molecule has 20 heavy (non-hydrogen) atoms. The minimum Gasteiger partial charge on any atom is -0.481 e.